The van der Waals surface area contributed by atoms with Crippen LogP contribution in [-0.4, -0.2) is 52.0 Å². The zero-order chi connectivity index (χ0) is 19.6. The third-order valence-corrected chi connectivity index (χ3v) is 5.26. The zero-order valence-corrected chi connectivity index (χ0v) is 16.8. The van der Waals surface area contributed by atoms with Crippen molar-refractivity contribution in [1.82, 2.24) is 25.2 Å². The van der Waals surface area contributed by atoms with Crippen molar-refractivity contribution >= 4 is 12.0 Å². The number of aromatic nitrogens is 3. The van der Waals surface area contributed by atoms with E-state index in [0.29, 0.717) is 24.7 Å². The highest BCUT2D eigenvalue weighted by Gasteiger charge is 2.18. The maximum Gasteiger partial charge on any atom is 0.273 e. The normalized spacial score (nSPS) is 15.9. The van der Waals surface area contributed by atoms with Crippen LogP contribution in [-0.2, 0) is 6.54 Å². The van der Waals surface area contributed by atoms with Gasteiger partial charge < -0.3 is 10.2 Å². The summed E-state index contributed by atoms with van der Waals surface area (Å²) in [6.45, 7) is 7.12. The van der Waals surface area contributed by atoms with E-state index in [-0.39, 0.29) is 5.91 Å². The van der Waals surface area contributed by atoms with Crippen molar-refractivity contribution in [2.45, 2.75) is 39.2 Å². The van der Waals surface area contributed by atoms with E-state index >= 15 is 0 Å². The molecule has 1 aromatic carbocycles. The number of hydrogen-bond acceptors (Lipinski definition) is 4. The number of piperidine rings is 1. The first kappa shape index (κ1) is 20.3. The molecule has 1 saturated heterocycles. The number of allylic oxidation sites excluding steroid dienone is 1. The summed E-state index contributed by atoms with van der Waals surface area (Å²) < 4.78 is 1.68. The molecule has 1 aromatic heterocycles. The van der Waals surface area contributed by atoms with Crippen LogP contribution in [0.4, 0.5) is 0 Å². The zero-order valence-electron chi connectivity index (χ0n) is 16.8. The first-order valence-corrected chi connectivity index (χ1v) is 10.4. The predicted octanol–water partition coefficient (Wildman–Crippen LogP) is 3.23. The van der Waals surface area contributed by atoms with Gasteiger partial charge in [-0.25, -0.2) is 4.68 Å². The molecule has 6 heteroatoms. The monoisotopic (exact) mass is 381 g/mol. The Morgan fingerprint density at radius 2 is 2.04 bits per heavy atom. The Bertz CT molecular complexity index is 747. The Balaban J connectivity index is 1.37. The number of nitrogens with zero attached hydrogens (tertiary/aromatic N) is 4. The fraction of sp³-hybridized carbons (Fsp3) is 0.500. The van der Waals surface area contributed by atoms with Crippen molar-refractivity contribution in [2.75, 3.05) is 26.2 Å². The lowest BCUT2D eigenvalue weighted by molar-refractivity contribution is 0.0943. The second-order valence-corrected chi connectivity index (χ2v) is 7.47. The molecule has 2 aromatic rings. The van der Waals surface area contributed by atoms with Gasteiger partial charge in [0.15, 0.2) is 5.69 Å². The summed E-state index contributed by atoms with van der Waals surface area (Å²) >= 11 is 0. The Morgan fingerprint density at radius 3 is 2.79 bits per heavy atom. The van der Waals surface area contributed by atoms with Crippen molar-refractivity contribution in [3.63, 3.8) is 0 Å². The second kappa shape index (κ2) is 10.8. The molecular formula is C22H31N5O. The lowest BCUT2D eigenvalue weighted by atomic mass is 9.93. The number of nitrogens with one attached hydrogen (secondary N) is 1. The largest absolute Gasteiger partial charge is 0.351 e. The van der Waals surface area contributed by atoms with Crippen LogP contribution in [0.1, 0.15) is 48.7 Å². The van der Waals surface area contributed by atoms with Crippen LogP contribution in [0, 0.1) is 5.92 Å². The SMILES string of the molecule is CCCN1CCC(CCNC(=O)c2cn(C/C=C/c3ccccc3)nn2)CC1. The van der Waals surface area contributed by atoms with E-state index in [1.807, 2.05) is 42.5 Å². The van der Waals surface area contributed by atoms with Crippen molar-refractivity contribution in [3.05, 3.63) is 53.9 Å². The highest BCUT2D eigenvalue weighted by molar-refractivity contribution is 5.91. The molecule has 150 valence electrons. The van der Waals surface area contributed by atoms with Gasteiger partial charge in [-0.15, -0.1) is 5.10 Å². The van der Waals surface area contributed by atoms with Gasteiger partial charge in [0.2, 0.25) is 0 Å². The number of hydrogen-bond donors (Lipinski definition) is 1. The van der Waals surface area contributed by atoms with Gasteiger partial charge in [-0.1, -0.05) is 54.6 Å². The van der Waals surface area contributed by atoms with E-state index in [1.54, 1.807) is 10.9 Å². The highest BCUT2D eigenvalue weighted by Crippen LogP contribution is 2.20. The topological polar surface area (TPSA) is 63.1 Å². The number of amides is 1. The highest BCUT2D eigenvalue weighted by atomic mass is 16.2. The summed E-state index contributed by atoms with van der Waals surface area (Å²) in [5, 5.41) is 11.0. The van der Waals surface area contributed by atoms with Gasteiger partial charge in [0.25, 0.3) is 5.91 Å². The molecule has 0 radical (unpaired) electrons. The number of carbonyl (C=O) groups excluding carboxylic acids is 1. The summed E-state index contributed by atoms with van der Waals surface area (Å²) in [5.41, 5.74) is 1.52. The summed E-state index contributed by atoms with van der Waals surface area (Å²) in [6.07, 6.45) is 10.5. The molecule has 6 nitrogen and oxygen atoms in total. The molecule has 1 aliphatic heterocycles. The van der Waals surface area contributed by atoms with Gasteiger partial charge in [-0.05, 0) is 56.8 Å². The third kappa shape index (κ3) is 6.30. The molecule has 28 heavy (non-hydrogen) atoms. The number of rotatable bonds is 9. The molecule has 2 heterocycles. The van der Waals surface area contributed by atoms with Gasteiger partial charge in [0.1, 0.15) is 0 Å². The van der Waals surface area contributed by atoms with E-state index in [4.69, 9.17) is 0 Å². The molecule has 0 bridgehead atoms. The molecule has 1 aliphatic rings. The van der Waals surface area contributed by atoms with Crippen molar-refractivity contribution in [2.24, 2.45) is 5.92 Å². The number of benzene rings is 1. The van der Waals surface area contributed by atoms with Crippen LogP contribution < -0.4 is 5.32 Å². The lowest BCUT2D eigenvalue weighted by Crippen LogP contribution is -2.35. The van der Waals surface area contributed by atoms with E-state index in [9.17, 15) is 4.79 Å². The van der Waals surface area contributed by atoms with Crippen molar-refractivity contribution < 1.29 is 4.79 Å². The van der Waals surface area contributed by atoms with Crippen LogP contribution in [0.25, 0.3) is 6.08 Å². The molecule has 0 aliphatic carbocycles. The van der Waals surface area contributed by atoms with Crippen LogP contribution in [0.2, 0.25) is 0 Å². The van der Waals surface area contributed by atoms with E-state index < -0.39 is 0 Å². The first-order valence-electron chi connectivity index (χ1n) is 10.4. The Labute approximate surface area is 167 Å². The van der Waals surface area contributed by atoms with Gasteiger partial charge >= 0.3 is 0 Å². The summed E-state index contributed by atoms with van der Waals surface area (Å²) in [4.78, 5) is 14.8. The van der Waals surface area contributed by atoms with E-state index in [2.05, 4.69) is 27.5 Å². The molecule has 0 saturated carbocycles. The smallest absolute Gasteiger partial charge is 0.273 e. The molecule has 1 N–H and O–H groups in total. The average Bonchev–Trinajstić information content (AvgIpc) is 3.19. The summed E-state index contributed by atoms with van der Waals surface area (Å²) in [6, 6.07) is 10.1. The van der Waals surface area contributed by atoms with Crippen LogP contribution in [0.15, 0.2) is 42.6 Å². The average molecular weight is 382 g/mol. The molecule has 0 unspecified atom stereocenters. The summed E-state index contributed by atoms with van der Waals surface area (Å²) in [5.74, 6) is 0.578. The molecular weight excluding hydrogens is 350 g/mol. The van der Waals surface area contributed by atoms with Crippen molar-refractivity contribution in [3.8, 4) is 0 Å². The number of likely N-dealkylation sites (tertiary alicyclic amines) is 1. The van der Waals surface area contributed by atoms with Crippen LogP contribution in [0.3, 0.4) is 0 Å². The Hall–Kier alpha value is -2.47. The van der Waals surface area contributed by atoms with Crippen LogP contribution in [0.5, 0.6) is 0 Å². The fourth-order valence-electron chi connectivity index (χ4n) is 3.65. The number of carbonyl (C=O) groups is 1. The van der Waals surface area contributed by atoms with Gasteiger partial charge in [-0.2, -0.15) is 0 Å². The van der Waals surface area contributed by atoms with Gasteiger partial charge in [0, 0.05) is 6.54 Å². The second-order valence-electron chi connectivity index (χ2n) is 7.47. The summed E-state index contributed by atoms with van der Waals surface area (Å²) in [7, 11) is 0. The van der Waals surface area contributed by atoms with E-state index in [0.717, 1.165) is 12.0 Å². The minimum absolute atomic E-state index is 0.137. The third-order valence-electron chi connectivity index (χ3n) is 5.26. The fourth-order valence-corrected chi connectivity index (χ4v) is 3.65. The van der Waals surface area contributed by atoms with Gasteiger partial charge in [0.05, 0.1) is 12.7 Å². The Kier molecular flexibility index (Phi) is 7.79. The minimum atomic E-state index is -0.137. The predicted molar refractivity (Wildman–Crippen MR) is 112 cm³/mol. The van der Waals surface area contributed by atoms with E-state index in [1.165, 1.54) is 38.9 Å². The molecule has 1 amide bonds. The van der Waals surface area contributed by atoms with Crippen LogP contribution >= 0.6 is 0 Å². The molecule has 1 fully saturated rings. The maximum atomic E-state index is 12.3. The minimum Gasteiger partial charge on any atom is -0.351 e. The lowest BCUT2D eigenvalue weighted by Gasteiger charge is -2.31. The quantitative estimate of drug-likeness (QED) is 0.724. The molecule has 3 rings (SSSR count). The first-order chi connectivity index (χ1) is 13.7. The maximum absolute atomic E-state index is 12.3. The van der Waals surface area contributed by atoms with Crippen molar-refractivity contribution in [1.29, 1.82) is 0 Å². The standard InChI is InChI=1S/C22H31N5O/c1-2-14-26-16-11-20(12-17-26)10-13-23-22(28)21-18-27(25-24-21)15-6-9-19-7-4-3-5-8-19/h3-9,18,20H,2,10-17H2,1H3,(H,23,28)/b9-6+. The molecule has 0 atom stereocenters. The Morgan fingerprint density at radius 1 is 1.25 bits per heavy atom. The van der Waals surface area contributed by atoms with Gasteiger partial charge in [-0.3, -0.25) is 4.79 Å². The molecule has 0 spiro atoms.